The minimum Gasteiger partial charge on any atom is -0.354 e. The fourth-order valence-corrected chi connectivity index (χ4v) is 4.64. The molecule has 1 aromatic carbocycles. The Hall–Kier alpha value is -1.95. The van der Waals surface area contributed by atoms with E-state index in [1.54, 1.807) is 6.20 Å². The molecule has 0 bridgehead atoms. The smallest absolute Gasteiger partial charge is 0.191 e. The van der Waals surface area contributed by atoms with E-state index in [4.69, 9.17) is 0 Å². The quantitative estimate of drug-likeness (QED) is 0.602. The number of nitrogens with one attached hydrogen (secondary N) is 2. The zero-order valence-electron chi connectivity index (χ0n) is 15.7. The molecule has 2 unspecified atom stereocenters. The highest BCUT2D eigenvalue weighted by Crippen LogP contribution is 2.28. The minimum absolute atomic E-state index is 0.523. The van der Waals surface area contributed by atoms with E-state index in [9.17, 15) is 0 Å². The van der Waals surface area contributed by atoms with Crippen molar-refractivity contribution in [2.75, 3.05) is 12.8 Å². The maximum Gasteiger partial charge on any atom is 0.191 e. The number of aromatic nitrogens is 2. The maximum atomic E-state index is 4.41. The SMILES string of the molecule is CCSC1CCCC(NC(=NC)NCc2cccc(-n3cccn3)c2)C1. The van der Waals surface area contributed by atoms with E-state index in [0.717, 1.165) is 23.4 Å². The number of thioether (sulfide) groups is 1. The first kappa shape index (κ1) is 18.8. The second kappa shape index (κ2) is 9.67. The van der Waals surface area contributed by atoms with Crippen molar-refractivity contribution in [2.24, 2.45) is 4.99 Å². The third-order valence-electron chi connectivity index (χ3n) is 4.73. The zero-order valence-corrected chi connectivity index (χ0v) is 16.5. The molecular weight excluding hydrogens is 342 g/mol. The van der Waals surface area contributed by atoms with Crippen molar-refractivity contribution in [2.45, 2.75) is 50.4 Å². The highest BCUT2D eigenvalue weighted by Gasteiger charge is 2.22. The van der Waals surface area contributed by atoms with Crippen LogP contribution in [0.15, 0.2) is 47.7 Å². The van der Waals surface area contributed by atoms with Gasteiger partial charge < -0.3 is 10.6 Å². The first-order valence-electron chi connectivity index (χ1n) is 9.46. The van der Waals surface area contributed by atoms with Gasteiger partial charge in [0.15, 0.2) is 5.96 Å². The molecule has 5 nitrogen and oxygen atoms in total. The van der Waals surface area contributed by atoms with Crippen LogP contribution in [0, 0.1) is 0 Å². The summed E-state index contributed by atoms with van der Waals surface area (Å²) in [6.45, 7) is 2.99. The lowest BCUT2D eigenvalue weighted by atomic mass is 9.95. The van der Waals surface area contributed by atoms with E-state index in [2.05, 4.69) is 63.7 Å². The van der Waals surface area contributed by atoms with Crippen molar-refractivity contribution < 1.29 is 0 Å². The van der Waals surface area contributed by atoms with Gasteiger partial charge in [-0.15, -0.1) is 0 Å². The van der Waals surface area contributed by atoms with E-state index < -0.39 is 0 Å². The Morgan fingerprint density at radius 3 is 3.04 bits per heavy atom. The molecule has 1 fully saturated rings. The largest absolute Gasteiger partial charge is 0.354 e. The van der Waals surface area contributed by atoms with E-state index >= 15 is 0 Å². The van der Waals surface area contributed by atoms with Crippen LogP contribution in [0.4, 0.5) is 0 Å². The summed E-state index contributed by atoms with van der Waals surface area (Å²) in [5, 5.41) is 12.2. The lowest BCUT2D eigenvalue weighted by Gasteiger charge is -2.30. The van der Waals surface area contributed by atoms with Crippen molar-refractivity contribution >= 4 is 17.7 Å². The summed E-state index contributed by atoms with van der Waals surface area (Å²) in [4.78, 5) is 4.41. The summed E-state index contributed by atoms with van der Waals surface area (Å²) in [5.41, 5.74) is 2.29. The molecule has 2 aromatic rings. The summed E-state index contributed by atoms with van der Waals surface area (Å²) < 4.78 is 1.88. The molecule has 26 heavy (non-hydrogen) atoms. The molecular formula is C20H29N5S. The molecule has 0 aliphatic heterocycles. The van der Waals surface area contributed by atoms with E-state index in [-0.39, 0.29) is 0 Å². The third-order valence-corrected chi connectivity index (χ3v) is 5.97. The summed E-state index contributed by atoms with van der Waals surface area (Å²) >= 11 is 2.09. The topological polar surface area (TPSA) is 54.2 Å². The zero-order chi connectivity index (χ0) is 18.2. The van der Waals surface area contributed by atoms with Gasteiger partial charge in [0.2, 0.25) is 0 Å². The first-order valence-corrected chi connectivity index (χ1v) is 10.5. The minimum atomic E-state index is 0.523. The molecule has 6 heteroatoms. The number of aliphatic imine (C=N–C) groups is 1. The molecule has 1 heterocycles. The first-order chi connectivity index (χ1) is 12.8. The van der Waals surface area contributed by atoms with Crippen LogP contribution in [-0.4, -0.2) is 39.8 Å². The maximum absolute atomic E-state index is 4.41. The lowest BCUT2D eigenvalue weighted by Crippen LogP contribution is -2.45. The van der Waals surface area contributed by atoms with Crippen LogP contribution in [0.3, 0.4) is 0 Å². The highest BCUT2D eigenvalue weighted by atomic mass is 32.2. The van der Waals surface area contributed by atoms with E-state index in [0.29, 0.717) is 6.04 Å². The van der Waals surface area contributed by atoms with Crippen LogP contribution in [0.25, 0.3) is 5.69 Å². The van der Waals surface area contributed by atoms with Crippen LogP contribution < -0.4 is 10.6 Å². The Kier molecular flexibility index (Phi) is 7.00. The lowest BCUT2D eigenvalue weighted by molar-refractivity contribution is 0.419. The van der Waals surface area contributed by atoms with Crippen molar-refractivity contribution in [1.29, 1.82) is 0 Å². The Bertz CT molecular complexity index is 696. The fraction of sp³-hybridized carbons (Fsp3) is 0.500. The van der Waals surface area contributed by atoms with Crippen molar-refractivity contribution in [3.05, 3.63) is 48.3 Å². The van der Waals surface area contributed by atoms with Crippen LogP contribution in [0.1, 0.15) is 38.2 Å². The summed E-state index contributed by atoms with van der Waals surface area (Å²) in [6.07, 6.45) is 8.87. The van der Waals surface area contributed by atoms with Crippen molar-refractivity contribution in [3.63, 3.8) is 0 Å². The van der Waals surface area contributed by atoms with Crippen LogP contribution >= 0.6 is 11.8 Å². The van der Waals surface area contributed by atoms with Gasteiger partial charge in [0, 0.05) is 37.3 Å². The molecule has 3 rings (SSSR count). The second-order valence-electron chi connectivity index (χ2n) is 6.63. The van der Waals surface area contributed by atoms with Gasteiger partial charge >= 0.3 is 0 Å². The van der Waals surface area contributed by atoms with E-state index in [1.165, 1.54) is 37.0 Å². The predicted molar refractivity (Wildman–Crippen MR) is 111 cm³/mol. The normalized spacial score (nSPS) is 20.8. The average molecular weight is 372 g/mol. The summed E-state index contributed by atoms with van der Waals surface area (Å²) in [6, 6.07) is 10.9. The van der Waals surface area contributed by atoms with Crippen molar-refractivity contribution in [1.82, 2.24) is 20.4 Å². The fourth-order valence-electron chi connectivity index (χ4n) is 3.47. The van der Waals surface area contributed by atoms with Crippen LogP contribution in [-0.2, 0) is 6.54 Å². The molecule has 1 saturated carbocycles. The van der Waals surface area contributed by atoms with Gasteiger partial charge in [-0.3, -0.25) is 4.99 Å². The number of hydrogen-bond donors (Lipinski definition) is 2. The van der Waals surface area contributed by atoms with E-state index in [1.807, 2.05) is 24.0 Å². The number of nitrogens with zero attached hydrogens (tertiary/aromatic N) is 3. The van der Waals surface area contributed by atoms with Gasteiger partial charge in [0.25, 0.3) is 0 Å². The van der Waals surface area contributed by atoms with Crippen LogP contribution in [0.2, 0.25) is 0 Å². The molecule has 1 aromatic heterocycles. The summed E-state index contributed by atoms with van der Waals surface area (Å²) in [7, 11) is 1.84. The summed E-state index contributed by atoms with van der Waals surface area (Å²) in [5.74, 6) is 2.10. The van der Waals surface area contributed by atoms with Crippen molar-refractivity contribution in [3.8, 4) is 5.69 Å². The Labute approximate surface area is 160 Å². The Balaban J connectivity index is 1.54. The molecule has 0 spiro atoms. The average Bonchev–Trinajstić information content (AvgIpc) is 3.21. The standard InChI is InChI=1S/C20H29N5S/c1-3-26-19-10-5-8-17(14-19)24-20(21-2)22-15-16-7-4-9-18(13-16)25-12-6-11-23-25/h4,6-7,9,11-13,17,19H,3,5,8,10,14-15H2,1-2H3,(H2,21,22,24). The van der Waals surface area contributed by atoms with Gasteiger partial charge in [-0.2, -0.15) is 16.9 Å². The monoisotopic (exact) mass is 371 g/mol. The molecule has 2 atom stereocenters. The number of benzene rings is 1. The second-order valence-corrected chi connectivity index (χ2v) is 8.21. The molecule has 0 saturated heterocycles. The van der Waals surface area contributed by atoms with Gasteiger partial charge in [-0.1, -0.05) is 25.5 Å². The molecule has 1 aliphatic carbocycles. The predicted octanol–water partition coefficient (Wildman–Crippen LogP) is 3.60. The van der Waals surface area contributed by atoms with Crippen LogP contribution in [0.5, 0.6) is 0 Å². The third kappa shape index (κ3) is 5.27. The number of guanidine groups is 1. The van der Waals surface area contributed by atoms with Gasteiger partial charge in [0.1, 0.15) is 0 Å². The van der Waals surface area contributed by atoms with Gasteiger partial charge in [-0.05, 0) is 48.8 Å². The molecule has 0 amide bonds. The van der Waals surface area contributed by atoms with Gasteiger partial charge in [-0.25, -0.2) is 4.68 Å². The molecule has 0 radical (unpaired) electrons. The Morgan fingerprint density at radius 2 is 2.27 bits per heavy atom. The number of hydrogen-bond acceptors (Lipinski definition) is 3. The highest BCUT2D eigenvalue weighted by molar-refractivity contribution is 7.99. The Morgan fingerprint density at radius 1 is 1.35 bits per heavy atom. The molecule has 1 aliphatic rings. The van der Waals surface area contributed by atoms with Gasteiger partial charge in [0.05, 0.1) is 5.69 Å². The number of rotatable bonds is 6. The molecule has 2 N–H and O–H groups in total. The molecule has 140 valence electrons.